The molecule has 1 amide bonds. The second-order valence-corrected chi connectivity index (χ2v) is 4.24. The Morgan fingerprint density at radius 2 is 2.26 bits per heavy atom. The van der Waals surface area contributed by atoms with Gasteiger partial charge in [-0.1, -0.05) is 5.16 Å². The highest BCUT2D eigenvalue weighted by atomic mass is 16.6. The maximum atomic E-state index is 11.7. The van der Waals surface area contributed by atoms with Crippen LogP contribution in [0.1, 0.15) is 21.7 Å². The number of carbonyl (C=O) groups is 1. The Kier molecular flexibility index (Phi) is 4.50. The SMILES string of the molecule is COc1cc([N+](=O)[O-])cc(/C=N\NC(=O)c2nonc2C)c1O. The molecule has 2 N–H and O–H groups in total. The van der Waals surface area contributed by atoms with E-state index in [4.69, 9.17) is 4.74 Å². The van der Waals surface area contributed by atoms with Crippen LogP contribution in [0.2, 0.25) is 0 Å². The van der Waals surface area contributed by atoms with Crippen molar-refractivity contribution < 1.29 is 24.2 Å². The second kappa shape index (κ2) is 6.51. The molecule has 0 aliphatic rings. The minimum atomic E-state index is -0.683. The Hall–Kier alpha value is -3.50. The molecule has 11 heteroatoms. The summed E-state index contributed by atoms with van der Waals surface area (Å²) in [5, 5.41) is 31.2. The number of aryl methyl sites for hydroxylation is 1. The summed E-state index contributed by atoms with van der Waals surface area (Å²) in [7, 11) is 1.25. The summed E-state index contributed by atoms with van der Waals surface area (Å²) in [5.41, 5.74) is 2.05. The molecule has 1 aromatic carbocycles. The van der Waals surface area contributed by atoms with Crippen LogP contribution in [0.4, 0.5) is 5.69 Å². The number of carbonyl (C=O) groups excluding carboxylic acids is 1. The molecule has 2 rings (SSSR count). The van der Waals surface area contributed by atoms with Gasteiger partial charge >= 0.3 is 0 Å². The molecule has 2 aromatic rings. The number of methoxy groups -OCH3 is 1. The van der Waals surface area contributed by atoms with Gasteiger partial charge in [-0.25, -0.2) is 10.1 Å². The predicted molar refractivity (Wildman–Crippen MR) is 75.4 cm³/mol. The van der Waals surface area contributed by atoms with Crippen molar-refractivity contribution >= 4 is 17.8 Å². The number of hydrogen-bond acceptors (Lipinski definition) is 9. The molecule has 0 saturated heterocycles. The van der Waals surface area contributed by atoms with Gasteiger partial charge in [-0.2, -0.15) is 5.10 Å². The van der Waals surface area contributed by atoms with Crippen LogP contribution in [0.3, 0.4) is 0 Å². The summed E-state index contributed by atoms with van der Waals surface area (Å²) < 4.78 is 9.22. The van der Waals surface area contributed by atoms with Crippen LogP contribution < -0.4 is 10.2 Å². The van der Waals surface area contributed by atoms with E-state index in [1.807, 2.05) is 0 Å². The van der Waals surface area contributed by atoms with Gasteiger partial charge in [0.15, 0.2) is 17.2 Å². The molecule has 1 aromatic heterocycles. The molecule has 0 bridgehead atoms. The van der Waals surface area contributed by atoms with Crippen LogP contribution in [0.25, 0.3) is 0 Å². The Morgan fingerprint density at radius 1 is 1.52 bits per heavy atom. The molecular weight excluding hydrogens is 310 g/mol. The number of aromatic nitrogens is 2. The zero-order chi connectivity index (χ0) is 17.0. The fraction of sp³-hybridized carbons (Fsp3) is 0.167. The molecule has 0 unspecified atom stereocenters. The lowest BCUT2D eigenvalue weighted by atomic mass is 10.2. The number of nitro groups is 1. The maximum absolute atomic E-state index is 11.7. The topological polar surface area (TPSA) is 153 Å². The molecule has 120 valence electrons. The van der Waals surface area contributed by atoms with Crippen LogP contribution in [0, 0.1) is 17.0 Å². The number of benzene rings is 1. The molecule has 0 aliphatic carbocycles. The van der Waals surface area contributed by atoms with Crippen molar-refractivity contribution in [2.24, 2.45) is 5.10 Å². The third-order valence-electron chi connectivity index (χ3n) is 2.76. The van der Waals surface area contributed by atoms with Gasteiger partial charge in [0, 0.05) is 11.6 Å². The summed E-state index contributed by atoms with van der Waals surface area (Å²) in [6, 6.07) is 2.14. The van der Waals surface area contributed by atoms with Crippen molar-refractivity contribution in [3.63, 3.8) is 0 Å². The van der Waals surface area contributed by atoms with Crippen LogP contribution in [-0.4, -0.2) is 39.6 Å². The summed E-state index contributed by atoms with van der Waals surface area (Å²) in [6.07, 6.45) is 1.03. The lowest BCUT2D eigenvalue weighted by molar-refractivity contribution is -0.385. The van der Waals surface area contributed by atoms with Gasteiger partial charge in [-0.05, 0) is 12.1 Å². The van der Waals surface area contributed by atoms with E-state index >= 15 is 0 Å². The van der Waals surface area contributed by atoms with Crippen molar-refractivity contribution in [1.29, 1.82) is 0 Å². The van der Waals surface area contributed by atoms with Gasteiger partial charge in [0.2, 0.25) is 0 Å². The van der Waals surface area contributed by atoms with Gasteiger partial charge in [0.05, 0.1) is 24.3 Å². The first kappa shape index (κ1) is 15.9. The van der Waals surface area contributed by atoms with E-state index in [2.05, 4.69) is 25.5 Å². The maximum Gasteiger partial charge on any atom is 0.295 e. The molecule has 0 atom stereocenters. The Morgan fingerprint density at radius 3 is 2.83 bits per heavy atom. The van der Waals surface area contributed by atoms with Crippen LogP contribution in [0.5, 0.6) is 11.5 Å². The number of ether oxygens (including phenoxy) is 1. The first-order valence-electron chi connectivity index (χ1n) is 6.12. The van der Waals surface area contributed by atoms with E-state index in [0.29, 0.717) is 0 Å². The van der Waals surface area contributed by atoms with Crippen molar-refractivity contribution in [3.05, 3.63) is 39.2 Å². The third-order valence-corrected chi connectivity index (χ3v) is 2.76. The number of phenolic OH excluding ortho intramolecular Hbond substituents is 1. The summed E-state index contributed by atoms with van der Waals surface area (Å²) in [4.78, 5) is 21.9. The van der Waals surface area contributed by atoms with E-state index in [1.54, 1.807) is 0 Å². The number of phenols is 1. The van der Waals surface area contributed by atoms with Gasteiger partial charge in [-0.3, -0.25) is 14.9 Å². The van der Waals surface area contributed by atoms with Crippen molar-refractivity contribution in [1.82, 2.24) is 15.7 Å². The number of hydrogen-bond donors (Lipinski definition) is 2. The van der Waals surface area contributed by atoms with E-state index in [0.717, 1.165) is 18.3 Å². The molecule has 0 aliphatic heterocycles. The van der Waals surface area contributed by atoms with E-state index in [-0.39, 0.29) is 34.1 Å². The van der Waals surface area contributed by atoms with E-state index < -0.39 is 10.8 Å². The molecule has 0 fully saturated rings. The lowest BCUT2D eigenvalue weighted by Gasteiger charge is -2.05. The Bertz CT molecular complexity index is 784. The number of hydrazone groups is 1. The zero-order valence-corrected chi connectivity index (χ0v) is 12.0. The smallest absolute Gasteiger partial charge is 0.295 e. The number of nitrogens with zero attached hydrogens (tertiary/aromatic N) is 4. The predicted octanol–water partition coefficient (Wildman–Crippen LogP) is 0.764. The highest BCUT2D eigenvalue weighted by Crippen LogP contribution is 2.33. The third kappa shape index (κ3) is 3.40. The monoisotopic (exact) mass is 321 g/mol. The van der Waals surface area contributed by atoms with Crippen molar-refractivity contribution in [2.45, 2.75) is 6.92 Å². The van der Waals surface area contributed by atoms with Gasteiger partial charge in [0.25, 0.3) is 11.6 Å². The first-order valence-corrected chi connectivity index (χ1v) is 6.12. The molecule has 1 heterocycles. The number of rotatable bonds is 5. The summed E-state index contributed by atoms with van der Waals surface area (Å²) >= 11 is 0. The standard InChI is InChI=1S/C12H11N5O6/c1-6-10(16-23-15-6)12(19)14-13-5-7-3-8(17(20)21)4-9(22-2)11(7)18/h3-5,18H,1-2H3,(H,14,19)/b13-5-. The van der Waals surface area contributed by atoms with Crippen molar-refractivity contribution in [3.8, 4) is 11.5 Å². The minimum absolute atomic E-state index is 0.00801. The van der Waals surface area contributed by atoms with Crippen LogP contribution in [-0.2, 0) is 0 Å². The quantitative estimate of drug-likeness (QED) is 0.465. The molecule has 23 heavy (non-hydrogen) atoms. The van der Waals surface area contributed by atoms with Gasteiger partial charge in [-0.15, -0.1) is 0 Å². The fourth-order valence-corrected chi connectivity index (χ4v) is 1.62. The highest BCUT2D eigenvalue weighted by molar-refractivity contribution is 5.94. The normalized spacial score (nSPS) is 10.7. The Balaban J connectivity index is 2.22. The summed E-state index contributed by atoms with van der Waals surface area (Å²) in [5.74, 6) is -1.13. The minimum Gasteiger partial charge on any atom is -0.504 e. The first-order chi connectivity index (χ1) is 10.9. The lowest BCUT2D eigenvalue weighted by Crippen LogP contribution is -2.19. The number of aromatic hydroxyl groups is 1. The van der Waals surface area contributed by atoms with Gasteiger partial charge in [0.1, 0.15) is 5.69 Å². The van der Waals surface area contributed by atoms with E-state index in [9.17, 15) is 20.0 Å². The molecule has 11 nitrogen and oxygen atoms in total. The molecule has 0 radical (unpaired) electrons. The zero-order valence-electron chi connectivity index (χ0n) is 12.0. The van der Waals surface area contributed by atoms with Crippen LogP contribution >= 0.6 is 0 Å². The largest absolute Gasteiger partial charge is 0.504 e. The fourth-order valence-electron chi connectivity index (χ4n) is 1.62. The number of amides is 1. The summed E-state index contributed by atoms with van der Waals surface area (Å²) in [6.45, 7) is 1.52. The van der Waals surface area contributed by atoms with Crippen molar-refractivity contribution in [2.75, 3.05) is 7.11 Å². The average molecular weight is 321 g/mol. The number of nitrogens with one attached hydrogen (secondary N) is 1. The Labute approximate surface area is 128 Å². The molecular formula is C12H11N5O6. The molecule has 0 saturated carbocycles. The van der Waals surface area contributed by atoms with Crippen LogP contribution in [0.15, 0.2) is 21.9 Å². The molecule has 0 spiro atoms. The number of nitro benzene ring substituents is 1. The second-order valence-electron chi connectivity index (χ2n) is 4.24. The highest BCUT2D eigenvalue weighted by Gasteiger charge is 2.17. The van der Waals surface area contributed by atoms with Gasteiger partial charge < -0.3 is 9.84 Å². The average Bonchev–Trinajstić information content (AvgIpc) is 2.94. The van der Waals surface area contributed by atoms with E-state index in [1.165, 1.54) is 14.0 Å². The number of non-ortho nitro benzene ring substituents is 1.